The number of hydrogen-bond donors (Lipinski definition) is 0. The molecule has 0 fully saturated rings. The summed E-state index contributed by atoms with van der Waals surface area (Å²) in [6.45, 7) is 0. The van der Waals surface area contributed by atoms with Crippen molar-refractivity contribution in [2.24, 2.45) is 4.99 Å². The summed E-state index contributed by atoms with van der Waals surface area (Å²) in [5.41, 5.74) is 3.66. The number of benzene rings is 2. The maximum atomic E-state index is 14.0. The Hall–Kier alpha value is -2.40. The summed E-state index contributed by atoms with van der Waals surface area (Å²) in [5, 5.41) is 0. The van der Waals surface area contributed by atoms with Crippen molar-refractivity contribution in [2.75, 3.05) is 0 Å². The Labute approximate surface area is 158 Å². The first kappa shape index (κ1) is 17.0. The highest BCUT2D eigenvalue weighted by Crippen LogP contribution is 2.33. The normalized spacial score (nSPS) is 16.6. The molecule has 0 bridgehead atoms. The molecule has 0 N–H and O–H groups in total. The van der Waals surface area contributed by atoms with Gasteiger partial charge in [0.25, 0.3) is 0 Å². The van der Waals surface area contributed by atoms with Gasteiger partial charge in [0.05, 0.1) is 11.6 Å². The Morgan fingerprint density at radius 1 is 0.885 bits per heavy atom. The molecule has 0 amide bonds. The first-order valence-corrected chi connectivity index (χ1v) is 9.14. The minimum Gasteiger partial charge on any atom is -0.281 e. The Balaban J connectivity index is 1.59. The van der Waals surface area contributed by atoms with Crippen LogP contribution in [0, 0.1) is 11.6 Å². The van der Waals surface area contributed by atoms with Crippen LogP contribution in [0.15, 0.2) is 70.4 Å². The van der Waals surface area contributed by atoms with Gasteiger partial charge in [-0.05, 0) is 58.1 Å². The second-order valence-electron chi connectivity index (χ2n) is 6.22. The largest absolute Gasteiger partial charge is 0.281 e. The van der Waals surface area contributed by atoms with E-state index in [2.05, 4.69) is 25.9 Å². The lowest BCUT2D eigenvalue weighted by molar-refractivity contribution is 0.578. The summed E-state index contributed by atoms with van der Waals surface area (Å²) in [4.78, 5) is 8.82. The summed E-state index contributed by atoms with van der Waals surface area (Å²) in [5.74, 6) is -1.11. The van der Waals surface area contributed by atoms with Crippen LogP contribution >= 0.6 is 15.9 Å². The van der Waals surface area contributed by atoms with E-state index >= 15 is 0 Å². The van der Waals surface area contributed by atoms with Crippen molar-refractivity contribution in [3.8, 4) is 11.1 Å². The predicted molar refractivity (Wildman–Crippen MR) is 102 cm³/mol. The van der Waals surface area contributed by atoms with Gasteiger partial charge in [-0.1, -0.05) is 36.4 Å². The van der Waals surface area contributed by atoms with Crippen LogP contribution in [0.1, 0.15) is 30.0 Å². The van der Waals surface area contributed by atoms with Gasteiger partial charge in [0, 0.05) is 17.5 Å². The third-order valence-corrected chi connectivity index (χ3v) is 5.04. The highest BCUT2D eigenvalue weighted by molar-refractivity contribution is 9.10. The zero-order valence-corrected chi connectivity index (χ0v) is 15.4. The maximum Gasteiger partial charge on any atom is 0.135 e. The SMILES string of the molecule is Fc1cccc(F)c1C1=NC(c2ccc(-c3ccc(Br)nc3)cc2)CC1. The van der Waals surface area contributed by atoms with E-state index in [1.165, 1.54) is 18.2 Å². The minimum absolute atomic E-state index is 0.00700. The number of aromatic nitrogens is 1. The molecule has 2 aromatic carbocycles. The molecule has 0 radical (unpaired) electrons. The molecule has 1 atom stereocenters. The molecule has 2 nitrogen and oxygen atoms in total. The monoisotopic (exact) mass is 412 g/mol. The van der Waals surface area contributed by atoms with Gasteiger partial charge in [-0.3, -0.25) is 4.99 Å². The summed E-state index contributed by atoms with van der Waals surface area (Å²) in [6, 6.07) is 15.8. The number of pyridine rings is 1. The smallest absolute Gasteiger partial charge is 0.135 e. The molecule has 130 valence electrons. The lowest BCUT2D eigenvalue weighted by atomic mass is 10.00. The average Bonchev–Trinajstić information content (AvgIpc) is 3.12. The molecule has 2 heterocycles. The zero-order chi connectivity index (χ0) is 18.1. The van der Waals surface area contributed by atoms with Crippen LogP contribution in [-0.2, 0) is 0 Å². The van der Waals surface area contributed by atoms with Crippen LogP contribution in [-0.4, -0.2) is 10.7 Å². The van der Waals surface area contributed by atoms with Gasteiger partial charge < -0.3 is 0 Å². The molecule has 1 aliphatic heterocycles. The molecule has 0 saturated heterocycles. The molecule has 0 spiro atoms. The fraction of sp³-hybridized carbons (Fsp3) is 0.143. The van der Waals surface area contributed by atoms with Crippen molar-refractivity contribution >= 4 is 21.6 Å². The van der Waals surface area contributed by atoms with Crippen molar-refractivity contribution in [3.63, 3.8) is 0 Å². The van der Waals surface area contributed by atoms with Gasteiger partial charge in [0.15, 0.2) is 0 Å². The van der Waals surface area contributed by atoms with Crippen LogP contribution in [0.4, 0.5) is 8.78 Å². The Kier molecular flexibility index (Phi) is 4.64. The molecule has 4 rings (SSSR count). The molecule has 1 unspecified atom stereocenters. The third-order valence-electron chi connectivity index (χ3n) is 4.57. The van der Waals surface area contributed by atoms with Crippen molar-refractivity contribution in [3.05, 3.63) is 88.2 Å². The van der Waals surface area contributed by atoms with E-state index < -0.39 is 11.6 Å². The van der Waals surface area contributed by atoms with Crippen molar-refractivity contribution < 1.29 is 8.78 Å². The molecule has 0 saturated carbocycles. The lowest BCUT2D eigenvalue weighted by Crippen LogP contribution is -2.03. The number of aliphatic imine (C=N–C) groups is 1. The third kappa shape index (κ3) is 3.31. The molecule has 1 aliphatic rings. The van der Waals surface area contributed by atoms with E-state index in [4.69, 9.17) is 0 Å². The van der Waals surface area contributed by atoms with Gasteiger partial charge in [-0.2, -0.15) is 0 Å². The molecule has 0 aliphatic carbocycles. The van der Waals surface area contributed by atoms with E-state index in [0.29, 0.717) is 12.1 Å². The van der Waals surface area contributed by atoms with Crippen LogP contribution in [0.3, 0.4) is 0 Å². The van der Waals surface area contributed by atoms with Crippen molar-refractivity contribution in [2.45, 2.75) is 18.9 Å². The second-order valence-corrected chi connectivity index (χ2v) is 7.03. The molecule has 3 aromatic rings. The van der Waals surface area contributed by atoms with Gasteiger partial charge in [-0.15, -0.1) is 0 Å². The summed E-state index contributed by atoms with van der Waals surface area (Å²) in [7, 11) is 0. The highest BCUT2D eigenvalue weighted by atomic mass is 79.9. The van der Waals surface area contributed by atoms with E-state index in [0.717, 1.165) is 27.7 Å². The standard InChI is InChI=1S/C21H15BrF2N2/c22-20-11-8-15(12-25-20)13-4-6-14(7-5-13)18-9-10-19(26-18)21-16(23)2-1-3-17(21)24/h1-8,11-12,18H,9-10H2. The van der Waals surface area contributed by atoms with E-state index in [9.17, 15) is 8.78 Å². The molecular formula is C21H15BrF2N2. The van der Waals surface area contributed by atoms with Gasteiger partial charge in [-0.25, -0.2) is 13.8 Å². The average molecular weight is 413 g/mol. The number of nitrogens with zero attached hydrogens (tertiary/aromatic N) is 2. The fourth-order valence-corrected chi connectivity index (χ4v) is 3.47. The fourth-order valence-electron chi connectivity index (χ4n) is 3.24. The van der Waals surface area contributed by atoms with E-state index in [1.54, 1.807) is 0 Å². The first-order valence-electron chi connectivity index (χ1n) is 8.35. The number of halogens is 3. The van der Waals surface area contributed by atoms with E-state index in [1.807, 2.05) is 42.6 Å². The number of hydrogen-bond acceptors (Lipinski definition) is 2. The molecule has 1 aromatic heterocycles. The molecule has 5 heteroatoms. The van der Waals surface area contributed by atoms with Crippen LogP contribution in [0.25, 0.3) is 11.1 Å². The summed E-state index contributed by atoms with van der Waals surface area (Å²) < 4.78 is 28.7. The Morgan fingerprint density at radius 2 is 1.58 bits per heavy atom. The lowest BCUT2D eigenvalue weighted by Gasteiger charge is -2.08. The minimum atomic E-state index is -0.553. The second kappa shape index (κ2) is 7.08. The Morgan fingerprint density at radius 3 is 2.23 bits per heavy atom. The van der Waals surface area contributed by atoms with Crippen LogP contribution < -0.4 is 0 Å². The molecule has 26 heavy (non-hydrogen) atoms. The van der Waals surface area contributed by atoms with Crippen molar-refractivity contribution in [1.82, 2.24) is 4.98 Å². The zero-order valence-electron chi connectivity index (χ0n) is 13.8. The quantitative estimate of drug-likeness (QED) is 0.476. The topological polar surface area (TPSA) is 25.2 Å². The summed E-state index contributed by atoms with van der Waals surface area (Å²) in [6.07, 6.45) is 3.13. The highest BCUT2D eigenvalue weighted by Gasteiger charge is 2.24. The molecular weight excluding hydrogens is 398 g/mol. The predicted octanol–water partition coefficient (Wildman–Crippen LogP) is 6.11. The van der Waals surface area contributed by atoms with Crippen LogP contribution in [0.2, 0.25) is 0 Å². The van der Waals surface area contributed by atoms with Crippen molar-refractivity contribution in [1.29, 1.82) is 0 Å². The van der Waals surface area contributed by atoms with Gasteiger partial charge >= 0.3 is 0 Å². The first-order chi connectivity index (χ1) is 12.6. The van der Waals surface area contributed by atoms with Gasteiger partial charge in [0.2, 0.25) is 0 Å². The number of rotatable bonds is 3. The maximum absolute atomic E-state index is 14.0. The van der Waals surface area contributed by atoms with Crippen LogP contribution in [0.5, 0.6) is 0 Å². The van der Waals surface area contributed by atoms with Gasteiger partial charge in [0.1, 0.15) is 16.2 Å². The van der Waals surface area contributed by atoms with E-state index in [-0.39, 0.29) is 11.6 Å². The summed E-state index contributed by atoms with van der Waals surface area (Å²) >= 11 is 3.33. The Bertz CT molecular complexity index is 946.